The Kier molecular flexibility index (Phi) is 2.94. The lowest BCUT2D eigenvalue weighted by molar-refractivity contribution is -0.744. The summed E-state index contributed by atoms with van der Waals surface area (Å²) in [6.07, 6.45) is -4.46. The third kappa shape index (κ3) is 2.49. The number of aryl methyl sites for hydroxylation is 1. The maximum atomic E-state index is 12.5. The monoisotopic (exact) mass is 306 g/mol. The molecule has 1 aromatic heterocycles. The summed E-state index contributed by atoms with van der Waals surface area (Å²) < 4.78 is 39.3. The van der Waals surface area contributed by atoms with E-state index in [0.717, 1.165) is 9.15 Å². The van der Waals surface area contributed by atoms with Gasteiger partial charge in [-0.3, -0.25) is 0 Å². The Bertz CT molecular complexity index is 531. The van der Waals surface area contributed by atoms with Crippen LogP contribution in [0.5, 0.6) is 0 Å². The van der Waals surface area contributed by atoms with Gasteiger partial charge in [-0.2, -0.15) is 23.0 Å². The molecule has 1 heterocycles. The number of alkyl halides is 3. The number of nitrogens with zero attached hydrogens (tertiary/aromatic N) is 2. The van der Waals surface area contributed by atoms with Crippen LogP contribution in [0.3, 0.4) is 0 Å². The highest BCUT2D eigenvalue weighted by Crippen LogP contribution is 2.26. The first-order valence-corrected chi connectivity index (χ1v) is 5.46. The topological polar surface area (TPSA) is 32.6 Å². The molecule has 0 amide bonds. The molecule has 0 saturated carbocycles. The fraction of sp³-hybridized carbons (Fsp3) is 0.200. The van der Waals surface area contributed by atoms with Crippen molar-refractivity contribution in [3.8, 4) is 11.4 Å². The molecule has 90 valence electrons. The molecular formula is C10H8BrF3N3+. The first-order valence-electron chi connectivity index (χ1n) is 4.67. The Morgan fingerprint density at radius 1 is 1.24 bits per heavy atom. The number of halogens is 4. The van der Waals surface area contributed by atoms with Crippen molar-refractivity contribution >= 4 is 15.9 Å². The first-order chi connectivity index (χ1) is 7.88. The van der Waals surface area contributed by atoms with E-state index < -0.39 is 12.0 Å². The van der Waals surface area contributed by atoms with Crippen LogP contribution in [0.15, 0.2) is 28.7 Å². The summed E-state index contributed by atoms with van der Waals surface area (Å²) in [4.78, 5) is 3.55. The Morgan fingerprint density at radius 3 is 2.29 bits per heavy atom. The van der Waals surface area contributed by atoms with Gasteiger partial charge in [0.2, 0.25) is 0 Å². The fourth-order valence-corrected chi connectivity index (χ4v) is 1.67. The molecule has 0 atom stereocenters. The largest absolute Gasteiger partial charge is 0.501 e. The minimum absolute atomic E-state index is 0.187. The number of benzene rings is 1. The predicted molar refractivity (Wildman–Crippen MR) is 57.9 cm³/mol. The van der Waals surface area contributed by atoms with Crippen LogP contribution in [0.1, 0.15) is 5.82 Å². The van der Waals surface area contributed by atoms with Gasteiger partial charge in [-0.1, -0.05) is 15.9 Å². The minimum atomic E-state index is -4.46. The number of aromatic nitrogens is 3. The molecule has 7 heteroatoms. The van der Waals surface area contributed by atoms with E-state index in [2.05, 4.69) is 26.0 Å². The van der Waals surface area contributed by atoms with Crippen molar-refractivity contribution in [3.05, 3.63) is 34.6 Å². The number of hydrogen-bond acceptors (Lipinski definition) is 1. The lowest BCUT2D eigenvalue weighted by Gasteiger charge is -1.94. The van der Waals surface area contributed by atoms with Gasteiger partial charge in [0, 0.05) is 10.0 Å². The Hall–Kier alpha value is -1.37. The van der Waals surface area contributed by atoms with E-state index in [1.54, 1.807) is 24.3 Å². The highest BCUT2D eigenvalue weighted by Gasteiger charge is 2.45. The molecule has 0 aliphatic rings. The summed E-state index contributed by atoms with van der Waals surface area (Å²) in [7, 11) is 1.28. The van der Waals surface area contributed by atoms with Crippen molar-refractivity contribution in [2.24, 2.45) is 7.05 Å². The molecule has 1 aromatic carbocycles. The second-order valence-corrected chi connectivity index (χ2v) is 4.38. The van der Waals surface area contributed by atoms with E-state index >= 15 is 0 Å². The molecule has 0 aliphatic carbocycles. The molecule has 0 spiro atoms. The van der Waals surface area contributed by atoms with Crippen molar-refractivity contribution in [2.45, 2.75) is 6.18 Å². The van der Waals surface area contributed by atoms with Crippen molar-refractivity contribution in [2.75, 3.05) is 0 Å². The second kappa shape index (κ2) is 4.14. The molecule has 17 heavy (non-hydrogen) atoms. The summed E-state index contributed by atoms with van der Waals surface area (Å²) in [5, 5.41) is 2.56. The normalized spacial score (nSPS) is 11.8. The van der Waals surface area contributed by atoms with Crippen LogP contribution in [-0.4, -0.2) is 10.1 Å². The smallest absolute Gasteiger partial charge is 0.187 e. The molecule has 0 unspecified atom stereocenters. The van der Waals surface area contributed by atoms with Crippen LogP contribution in [0.4, 0.5) is 13.2 Å². The number of hydrogen-bond donors (Lipinski definition) is 1. The molecule has 0 saturated heterocycles. The second-order valence-electron chi connectivity index (χ2n) is 3.46. The molecule has 0 aliphatic heterocycles. The van der Waals surface area contributed by atoms with Gasteiger partial charge in [-0.25, -0.2) is 0 Å². The van der Waals surface area contributed by atoms with Crippen LogP contribution in [0.25, 0.3) is 11.4 Å². The zero-order valence-corrected chi connectivity index (χ0v) is 10.3. The van der Waals surface area contributed by atoms with Gasteiger partial charge in [-0.05, 0) is 29.2 Å². The average Bonchev–Trinajstić information content (AvgIpc) is 2.61. The van der Waals surface area contributed by atoms with E-state index in [9.17, 15) is 13.2 Å². The van der Waals surface area contributed by atoms with Crippen LogP contribution < -0.4 is 4.68 Å². The quantitative estimate of drug-likeness (QED) is 0.807. The average molecular weight is 307 g/mol. The lowest BCUT2D eigenvalue weighted by atomic mass is 10.2. The first kappa shape index (κ1) is 12.1. The van der Waals surface area contributed by atoms with Crippen molar-refractivity contribution < 1.29 is 17.9 Å². The molecule has 2 aromatic rings. The highest BCUT2D eigenvalue weighted by atomic mass is 79.9. The Morgan fingerprint density at radius 2 is 1.82 bits per heavy atom. The molecule has 0 fully saturated rings. The third-order valence-electron chi connectivity index (χ3n) is 2.18. The zero-order chi connectivity index (χ0) is 12.6. The molecular weight excluding hydrogens is 299 g/mol. The summed E-state index contributed by atoms with van der Waals surface area (Å²) in [5.41, 5.74) is 0.597. The van der Waals surface area contributed by atoms with Crippen LogP contribution in [-0.2, 0) is 13.2 Å². The van der Waals surface area contributed by atoms with E-state index in [0.29, 0.717) is 5.56 Å². The number of nitrogens with one attached hydrogen (secondary N) is 1. The molecule has 0 bridgehead atoms. The van der Waals surface area contributed by atoms with E-state index in [-0.39, 0.29) is 5.82 Å². The minimum Gasteiger partial charge on any atom is -0.187 e. The lowest BCUT2D eigenvalue weighted by Crippen LogP contribution is -2.38. The zero-order valence-electron chi connectivity index (χ0n) is 8.72. The van der Waals surface area contributed by atoms with Gasteiger partial charge in [0.15, 0.2) is 0 Å². The summed E-state index contributed by atoms with van der Waals surface area (Å²) >= 11 is 3.25. The van der Waals surface area contributed by atoms with E-state index in [1.165, 1.54) is 7.05 Å². The Labute approximate surface area is 103 Å². The standard InChI is InChI=1S/C10H7BrF3N3/c1-17-9(10(12,13)14)15-8(16-17)6-2-4-7(11)5-3-6/h2-5H,1H3/p+1. The number of H-pyrrole nitrogens is 1. The van der Waals surface area contributed by atoms with Gasteiger partial charge in [0.1, 0.15) is 7.05 Å². The van der Waals surface area contributed by atoms with Crippen LogP contribution in [0, 0.1) is 0 Å². The Balaban J connectivity index is 2.45. The molecule has 3 nitrogen and oxygen atoms in total. The summed E-state index contributed by atoms with van der Waals surface area (Å²) in [6, 6.07) is 6.85. The van der Waals surface area contributed by atoms with Gasteiger partial charge in [0.05, 0.1) is 0 Å². The molecule has 2 rings (SSSR count). The highest BCUT2D eigenvalue weighted by molar-refractivity contribution is 9.10. The van der Waals surface area contributed by atoms with Crippen LogP contribution in [0.2, 0.25) is 0 Å². The van der Waals surface area contributed by atoms with Gasteiger partial charge >= 0.3 is 12.0 Å². The van der Waals surface area contributed by atoms with Crippen molar-refractivity contribution in [1.29, 1.82) is 0 Å². The fourth-order valence-electron chi connectivity index (χ4n) is 1.41. The third-order valence-corrected chi connectivity index (χ3v) is 2.71. The maximum Gasteiger partial charge on any atom is 0.501 e. The van der Waals surface area contributed by atoms with Gasteiger partial charge < -0.3 is 0 Å². The van der Waals surface area contributed by atoms with Crippen LogP contribution >= 0.6 is 15.9 Å². The maximum absolute atomic E-state index is 12.5. The molecule has 0 radical (unpaired) electrons. The number of aromatic amines is 1. The summed E-state index contributed by atoms with van der Waals surface area (Å²) in [6.45, 7) is 0. The van der Waals surface area contributed by atoms with Gasteiger partial charge in [-0.15, -0.1) is 0 Å². The van der Waals surface area contributed by atoms with Crippen molar-refractivity contribution in [3.63, 3.8) is 0 Å². The van der Waals surface area contributed by atoms with Gasteiger partial charge in [0.25, 0.3) is 5.82 Å². The predicted octanol–water partition coefficient (Wildman–Crippen LogP) is 2.68. The SMILES string of the molecule is C[n+]1[nH]c(-c2ccc(Br)cc2)nc1C(F)(F)F. The van der Waals surface area contributed by atoms with Crippen molar-refractivity contribution in [1.82, 2.24) is 10.1 Å². The molecule has 1 N–H and O–H groups in total. The van der Waals surface area contributed by atoms with E-state index in [1.807, 2.05) is 0 Å². The summed E-state index contributed by atoms with van der Waals surface area (Å²) in [5.74, 6) is -0.761. The van der Waals surface area contributed by atoms with E-state index in [4.69, 9.17) is 0 Å². The number of rotatable bonds is 1.